The van der Waals surface area contributed by atoms with Crippen LogP contribution in [-0.2, 0) is 4.74 Å². The van der Waals surface area contributed by atoms with E-state index in [-0.39, 0.29) is 5.56 Å². The Kier molecular flexibility index (Phi) is 4.24. The molecule has 0 saturated heterocycles. The highest BCUT2D eigenvalue weighted by Crippen LogP contribution is 2.40. The summed E-state index contributed by atoms with van der Waals surface area (Å²) in [6, 6.07) is 8.18. The fourth-order valence-corrected chi connectivity index (χ4v) is 1.66. The Bertz CT molecular complexity index is 744. The summed E-state index contributed by atoms with van der Waals surface area (Å²) in [5.41, 5.74) is -2.10. The van der Waals surface area contributed by atoms with Gasteiger partial charge in [0.25, 0.3) is 0 Å². The molecule has 1 aromatic carbocycles. The molecule has 0 spiro atoms. The lowest BCUT2D eigenvalue weighted by molar-refractivity contribution is 0.000288. The third kappa shape index (κ3) is 3.34. The quantitative estimate of drug-likeness (QED) is 0.465. The van der Waals surface area contributed by atoms with Gasteiger partial charge in [-0.25, -0.2) is 9.59 Å². The predicted molar refractivity (Wildman–Crippen MR) is 82.3 cm³/mol. The van der Waals surface area contributed by atoms with Crippen molar-refractivity contribution in [2.45, 2.75) is 23.2 Å². The molecule has 0 saturated carbocycles. The molecule has 2 aromatic rings. The van der Waals surface area contributed by atoms with Crippen LogP contribution in [0.2, 0.25) is 0 Å². The second-order valence-electron chi connectivity index (χ2n) is 4.88. The van der Waals surface area contributed by atoms with E-state index < -0.39 is 21.0 Å². The van der Waals surface area contributed by atoms with Crippen molar-refractivity contribution in [3.05, 3.63) is 46.3 Å². The second-order valence-corrected chi connectivity index (χ2v) is 7.16. The van der Waals surface area contributed by atoms with Crippen LogP contribution in [0.3, 0.4) is 0 Å². The fourth-order valence-electron chi connectivity index (χ4n) is 1.55. The standard InChI is InChI=1S/C14H11Cl3O4/c1-13(2,14(15,16)17)21-12(19)9-7-8-5-3-4-6-10(8)20-11(9)18/h3-7H,1-2H3. The molecule has 1 aromatic heterocycles. The first kappa shape index (κ1) is 16.1. The maximum Gasteiger partial charge on any atom is 0.351 e. The molecular weight excluding hydrogens is 339 g/mol. The van der Waals surface area contributed by atoms with E-state index in [1.807, 2.05) is 0 Å². The minimum absolute atomic E-state index is 0.254. The van der Waals surface area contributed by atoms with E-state index in [4.69, 9.17) is 44.0 Å². The summed E-state index contributed by atoms with van der Waals surface area (Å²) in [6.07, 6.45) is 0. The highest BCUT2D eigenvalue weighted by Gasteiger charge is 2.44. The highest BCUT2D eigenvalue weighted by atomic mass is 35.6. The molecule has 0 aliphatic heterocycles. The van der Waals surface area contributed by atoms with E-state index in [0.29, 0.717) is 11.0 Å². The van der Waals surface area contributed by atoms with Gasteiger partial charge in [-0.2, -0.15) is 0 Å². The summed E-state index contributed by atoms with van der Waals surface area (Å²) >= 11 is 17.2. The average molecular weight is 350 g/mol. The van der Waals surface area contributed by atoms with Crippen molar-refractivity contribution < 1.29 is 13.9 Å². The molecule has 0 fully saturated rings. The van der Waals surface area contributed by atoms with Crippen LogP contribution in [0.15, 0.2) is 39.5 Å². The van der Waals surface area contributed by atoms with Gasteiger partial charge in [-0.3, -0.25) is 0 Å². The molecule has 0 aliphatic carbocycles. The summed E-state index contributed by atoms with van der Waals surface area (Å²) < 4.78 is 8.35. The van der Waals surface area contributed by atoms with Crippen LogP contribution in [0.4, 0.5) is 0 Å². The van der Waals surface area contributed by atoms with Crippen molar-refractivity contribution in [1.29, 1.82) is 0 Å². The van der Waals surface area contributed by atoms with Gasteiger partial charge >= 0.3 is 11.6 Å². The Hall–Kier alpha value is -1.23. The van der Waals surface area contributed by atoms with Gasteiger partial charge in [0, 0.05) is 5.39 Å². The number of rotatable bonds is 2. The third-order valence-electron chi connectivity index (χ3n) is 2.89. The lowest BCUT2D eigenvalue weighted by Crippen LogP contribution is -2.41. The zero-order chi connectivity index (χ0) is 15.8. The number of ether oxygens (including phenoxy) is 1. The van der Waals surface area contributed by atoms with E-state index in [1.54, 1.807) is 24.3 Å². The summed E-state index contributed by atoms with van der Waals surface area (Å²) in [6.45, 7) is 2.86. The molecule has 0 unspecified atom stereocenters. The second kappa shape index (κ2) is 5.52. The van der Waals surface area contributed by atoms with Crippen LogP contribution in [0.1, 0.15) is 24.2 Å². The van der Waals surface area contributed by atoms with E-state index >= 15 is 0 Å². The van der Waals surface area contributed by atoms with Crippen molar-refractivity contribution in [2.24, 2.45) is 0 Å². The predicted octanol–water partition coefficient (Wildman–Crippen LogP) is 4.10. The molecule has 0 aliphatic rings. The minimum atomic E-state index is -1.83. The van der Waals surface area contributed by atoms with Crippen LogP contribution in [0.25, 0.3) is 11.0 Å². The van der Waals surface area contributed by atoms with Crippen LogP contribution in [0, 0.1) is 0 Å². The largest absolute Gasteiger partial charge is 0.451 e. The summed E-state index contributed by atoms with van der Waals surface area (Å²) in [5, 5.41) is 0.593. The van der Waals surface area contributed by atoms with Crippen molar-refractivity contribution in [3.8, 4) is 0 Å². The summed E-state index contributed by atoms with van der Waals surface area (Å²) in [4.78, 5) is 24.0. The zero-order valence-electron chi connectivity index (χ0n) is 11.2. The first-order chi connectivity index (χ1) is 9.62. The van der Waals surface area contributed by atoms with Gasteiger partial charge in [0.05, 0.1) is 0 Å². The Balaban J connectivity index is 2.40. The van der Waals surface area contributed by atoms with Crippen LogP contribution >= 0.6 is 34.8 Å². The molecule has 0 atom stereocenters. The van der Waals surface area contributed by atoms with Crippen molar-refractivity contribution in [2.75, 3.05) is 0 Å². The summed E-state index contributed by atoms with van der Waals surface area (Å²) in [5.74, 6) is -0.911. The maximum absolute atomic E-state index is 12.1. The summed E-state index contributed by atoms with van der Waals surface area (Å²) in [7, 11) is 0. The first-order valence-corrected chi connectivity index (χ1v) is 7.08. The van der Waals surface area contributed by atoms with E-state index in [9.17, 15) is 9.59 Å². The molecule has 0 amide bonds. The number of carbonyl (C=O) groups excluding carboxylic acids is 1. The molecule has 2 rings (SSSR count). The van der Waals surface area contributed by atoms with Crippen molar-refractivity contribution in [1.82, 2.24) is 0 Å². The number of carbonyl (C=O) groups is 1. The topological polar surface area (TPSA) is 56.5 Å². The maximum atomic E-state index is 12.1. The van der Waals surface area contributed by atoms with Gasteiger partial charge in [-0.05, 0) is 26.0 Å². The van der Waals surface area contributed by atoms with Crippen LogP contribution in [-0.4, -0.2) is 15.4 Å². The van der Waals surface area contributed by atoms with Gasteiger partial charge in [0.2, 0.25) is 3.79 Å². The minimum Gasteiger partial charge on any atom is -0.451 e. The zero-order valence-corrected chi connectivity index (χ0v) is 13.4. The molecule has 1 heterocycles. The molecular formula is C14H11Cl3O4. The Labute approximate surface area is 135 Å². The number of alkyl halides is 3. The molecule has 7 heteroatoms. The Morgan fingerprint density at radius 2 is 1.81 bits per heavy atom. The number of hydrogen-bond donors (Lipinski definition) is 0. The van der Waals surface area contributed by atoms with E-state index in [2.05, 4.69) is 0 Å². The number of hydrogen-bond acceptors (Lipinski definition) is 4. The first-order valence-electron chi connectivity index (χ1n) is 5.95. The highest BCUT2D eigenvalue weighted by molar-refractivity contribution is 6.68. The van der Waals surface area contributed by atoms with E-state index in [0.717, 1.165) is 0 Å². The number of benzene rings is 1. The van der Waals surface area contributed by atoms with Gasteiger partial charge in [0.1, 0.15) is 11.1 Å². The van der Waals surface area contributed by atoms with E-state index in [1.165, 1.54) is 19.9 Å². The SMILES string of the molecule is CC(C)(OC(=O)c1cc2ccccc2oc1=O)C(Cl)(Cl)Cl. The smallest absolute Gasteiger partial charge is 0.351 e. The Morgan fingerprint density at radius 1 is 1.19 bits per heavy atom. The molecule has 0 radical (unpaired) electrons. The molecule has 0 N–H and O–H groups in total. The number of esters is 1. The normalized spacial score (nSPS) is 12.4. The van der Waals surface area contributed by atoms with Crippen LogP contribution < -0.4 is 5.63 Å². The van der Waals surface area contributed by atoms with Crippen molar-refractivity contribution in [3.63, 3.8) is 0 Å². The molecule has 0 bridgehead atoms. The van der Waals surface area contributed by atoms with Gasteiger partial charge < -0.3 is 9.15 Å². The Morgan fingerprint density at radius 3 is 2.43 bits per heavy atom. The van der Waals surface area contributed by atoms with Gasteiger partial charge in [-0.1, -0.05) is 53.0 Å². The van der Waals surface area contributed by atoms with Crippen LogP contribution in [0.5, 0.6) is 0 Å². The molecule has 21 heavy (non-hydrogen) atoms. The third-order valence-corrected chi connectivity index (χ3v) is 4.26. The fraction of sp³-hybridized carbons (Fsp3) is 0.286. The van der Waals surface area contributed by atoms with Gasteiger partial charge in [-0.15, -0.1) is 0 Å². The molecule has 112 valence electrons. The number of halogens is 3. The average Bonchev–Trinajstić information content (AvgIpc) is 2.35. The van der Waals surface area contributed by atoms with Crippen molar-refractivity contribution >= 4 is 51.7 Å². The monoisotopic (exact) mass is 348 g/mol. The lowest BCUT2D eigenvalue weighted by atomic mass is 10.1. The number of fused-ring (bicyclic) bond motifs is 1. The number of para-hydroxylation sites is 1. The lowest BCUT2D eigenvalue weighted by Gasteiger charge is -2.31. The molecule has 4 nitrogen and oxygen atoms in total. The van der Waals surface area contributed by atoms with Gasteiger partial charge in [0.15, 0.2) is 5.60 Å².